The summed E-state index contributed by atoms with van der Waals surface area (Å²) in [5, 5.41) is 1.73. The molecule has 18 heavy (non-hydrogen) atoms. The molecule has 0 aliphatic rings. The van der Waals surface area contributed by atoms with E-state index in [2.05, 4.69) is 25.6 Å². The van der Waals surface area contributed by atoms with Crippen LogP contribution in [0, 0.1) is 0 Å². The van der Waals surface area contributed by atoms with Crippen LogP contribution < -0.4 is 4.72 Å². The Morgan fingerprint density at radius 2 is 2.00 bits per heavy atom. The number of nitrogens with zero attached hydrogens (tertiary/aromatic N) is 1. The molecular formula is C11H11BrN2O2S2. The third-order valence-electron chi connectivity index (χ3n) is 2.37. The van der Waals surface area contributed by atoms with Gasteiger partial charge in [0.05, 0.1) is 0 Å². The largest absolute Gasteiger partial charge is 0.265 e. The van der Waals surface area contributed by atoms with Crippen LogP contribution in [0.2, 0.25) is 0 Å². The molecule has 0 radical (unpaired) electrons. The molecule has 0 aromatic carbocycles. The minimum atomic E-state index is -3.49. The van der Waals surface area contributed by atoms with E-state index in [1.807, 2.05) is 0 Å². The zero-order valence-corrected chi connectivity index (χ0v) is 12.7. The van der Waals surface area contributed by atoms with Crippen LogP contribution in [0.15, 0.2) is 44.7 Å². The van der Waals surface area contributed by atoms with Crippen LogP contribution in [-0.4, -0.2) is 13.4 Å². The Hall–Kier alpha value is -0.760. The van der Waals surface area contributed by atoms with Crippen LogP contribution in [0.3, 0.4) is 0 Å². The summed E-state index contributed by atoms with van der Waals surface area (Å²) < 4.78 is 27.8. The monoisotopic (exact) mass is 346 g/mol. The topological polar surface area (TPSA) is 59.1 Å². The van der Waals surface area contributed by atoms with E-state index < -0.39 is 10.0 Å². The zero-order chi connectivity index (χ0) is 13.2. The van der Waals surface area contributed by atoms with Crippen molar-refractivity contribution in [2.45, 2.75) is 17.2 Å². The van der Waals surface area contributed by atoms with Crippen LogP contribution >= 0.6 is 27.3 Å². The van der Waals surface area contributed by atoms with Gasteiger partial charge in [-0.25, -0.2) is 13.1 Å². The Morgan fingerprint density at radius 1 is 1.33 bits per heavy atom. The van der Waals surface area contributed by atoms with Gasteiger partial charge in [0.1, 0.15) is 4.21 Å². The van der Waals surface area contributed by atoms with Crippen molar-refractivity contribution in [3.8, 4) is 0 Å². The van der Waals surface area contributed by atoms with Gasteiger partial charge in [0.15, 0.2) is 0 Å². The first-order valence-corrected chi connectivity index (χ1v) is 8.31. The van der Waals surface area contributed by atoms with Crippen molar-refractivity contribution in [3.05, 3.63) is 46.0 Å². The van der Waals surface area contributed by atoms with Crippen LogP contribution in [0.4, 0.5) is 0 Å². The number of hydrogen-bond donors (Lipinski definition) is 1. The summed E-state index contributed by atoms with van der Waals surface area (Å²) in [6, 6.07) is 5.00. The van der Waals surface area contributed by atoms with Gasteiger partial charge in [-0.05, 0) is 52.0 Å². The predicted octanol–water partition coefficient (Wildman–Crippen LogP) is 2.95. The van der Waals surface area contributed by atoms with E-state index in [9.17, 15) is 8.42 Å². The first-order chi connectivity index (χ1) is 8.50. The molecule has 0 aliphatic carbocycles. The summed E-state index contributed by atoms with van der Waals surface area (Å²) >= 11 is 4.41. The Balaban J connectivity index is 2.22. The number of pyridine rings is 1. The SMILES string of the molecule is CC(NS(=O)(=O)c1sccc1Br)c1ccncc1. The minimum Gasteiger partial charge on any atom is -0.265 e. The molecular weight excluding hydrogens is 336 g/mol. The maximum absolute atomic E-state index is 12.2. The van der Waals surface area contributed by atoms with Gasteiger partial charge in [-0.3, -0.25) is 4.98 Å². The summed E-state index contributed by atoms with van der Waals surface area (Å²) in [6.45, 7) is 1.80. The second-order valence-corrected chi connectivity index (χ2v) is 7.36. The van der Waals surface area contributed by atoms with Gasteiger partial charge in [-0.1, -0.05) is 0 Å². The lowest BCUT2D eigenvalue weighted by atomic mass is 10.1. The molecule has 4 nitrogen and oxygen atoms in total. The quantitative estimate of drug-likeness (QED) is 0.925. The first kappa shape index (κ1) is 13.7. The molecule has 2 rings (SSSR count). The molecule has 0 saturated carbocycles. The Bertz CT molecular complexity index is 626. The highest BCUT2D eigenvalue weighted by atomic mass is 79.9. The van der Waals surface area contributed by atoms with Gasteiger partial charge in [0, 0.05) is 22.9 Å². The Morgan fingerprint density at radius 3 is 2.56 bits per heavy atom. The summed E-state index contributed by atoms with van der Waals surface area (Å²) in [4.78, 5) is 3.91. The van der Waals surface area contributed by atoms with Gasteiger partial charge in [0.25, 0.3) is 10.0 Å². The molecule has 0 amide bonds. The van der Waals surface area contributed by atoms with E-state index in [1.54, 1.807) is 42.9 Å². The molecule has 0 bridgehead atoms. The average molecular weight is 347 g/mol. The fourth-order valence-corrected chi connectivity index (χ4v) is 5.06. The van der Waals surface area contributed by atoms with Crippen LogP contribution in [0.1, 0.15) is 18.5 Å². The number of rotatable bonds is 4. The van der Waals surface area contributed by atoms with Gasteiger partial charge in [-0.2, -0.15) is 0 Å². The normalized spacial score (nSPS) is 13.4. The van der Waals surface area contributed by atoms with Gasteiger partial charge in [0.2, 0.25) is 0 Å². The van der Waals surface area contributed by atoms with Crippen molar-refractivity contribution in [3.63, 3.8) is 0 Å². The summed E-state index contributed by atoms with van der Waals surface area (Å²) in [5.74, 6) is 0. The van der Waals surface area contributed by atoms with Crippen LogP contribution in [0.25, 0.3) is 0 Å². The molecule has 2 aromatic heterocycles. The van der Waals surface area contributed by atoms with E-state index in [1.165, 1.54) is 11.3 Å². The highest BCUT2D eigenvalue weighted by molar-refractivity contribution is 9.10. The van der Waals surface area contributed by atoms with E-state index in [0.717, 1.165) is 5.56 Å². The molecule has 1 atom stereocenters. The molecule has 2 heterocycles. The van der Waals surface area contributed by atoms with Crippen LogP contribution in [0.5, 0.6) is 0 Å². The lowest BCUT2D eigenvalue weighted by molar-refractivity contribution is 0.568. The van der Waals surface area contributed by atoms with Crippen LogP contribution in [-0.2, 0) is 10.0 Å². The van der Waals surface area contributed by atoms with Crippen molar-refractivity contribution >= 4 is 37.3 Å². The van der Waals surface area contributed by atoms with E-state index >= 15 is 0 Å². The fraction of sp³-hybridized carbons (Fsp3) is 0.182. The third-order valence-corrected chi connectivity index (χ3v) is 6.58. The van der Waals surface area contributed by atoms with E-state index in [-0.39, 0.29) is 6.04 Å². The molecule has 1 unspecified atom stereocenters. The second kappa shape index (κ2) is 5.48. The molecule has 0 spiro atoms. The van der Waals surface area contributed by atoms with Crippen molar-refractivity contribution < 1.29 is 8.42 Å². The lowest BCUT2D eigenvalue weighted by Crippen LogP contribution is -2.26. The number of hydrogen-bond acceptors (Lipinski definition) is 4. The van der Waals surface area contributed by atoms with Crippen molar-refractivity contribution in [1.82, 2.24) is 9.71 Å². The van der Waals surface area contributed by atoms with Gasteiger partial charge in [-0.15, -0.1) is 11.3 Å². The molecule has 0 fully saturated rings. The average Bonchev–Trinajstić information content (AvgIpc) is 2.77. The summed E-state index contributed by atoms with van der Waals surface area (Å²) in [5.41, 5.74) is 0.876. The molecule has 7 heteroatoms. The summed E-state index contributed by atoms with van der Waals surface area (Å²) in [7, 11) is -3.49. The standard InChI is InChI=1S/C11H11BrN2O2S2/c1-8(9-2-5-13-6-3-9)14-18(15,16)11-10(12)4-7-17-11/h2-8,14H,1H3. The number of thiophene rings is 1. The van der Waals surface area contributed by atoms with Gasteiger partial charge >= 0.3 is 0 Å². The summed E-state index contributed by atoms with van der Waals surface area (Å²) in [6.07, 6.45) is 3.28. The highest BCUT2D eigenvalue weighted by Crippen LogP contribution is 2.28. The Kier molecular flexibility index (Phi) is 4.16. The first-order valence-electron chi connectivity index (χ1n) is 5.16. The lowest BCUT2D eigenvalue weighted by Gasteiger charge is -2.13. The maximum atomic E-state index is 12.2. The fourth-order valence-electron chi connectivity index (χ4n) is 1.48. The molecule has 1 N–H and O–H groups in total. The molecule has 96 valence electrons. The second-order valence-electron chi connectivity index (χ2n) is 3.68. The number of nitrogens with one attached hydrogen (secondary N) is 1. The highest BCUT2D eigenvalue weighted by Gasteiger charge is 2.22. The number of halogens is 1. The predicted molar refractivity (Wildman–Crippen MR) is 75.0 cm³/mol. The maximum Gasteiger partial charge on any atom is 0.251 e. The zero-order valence-electron chi connectivity index (χ0n) is 9.50. The van der Waals surface area contributed by atoms with Crippen molar-refractivity contribution in [1.29, 1.82) is 0 Å². The van der Waals surface area contributed by atoms with E-state index in [0.29, 0.717) is 8.68 Å². The molecule has 0 aliphatic heterocycles. The smallest absolute Gasteiger partial charge is 0.251 e. The Labute approximate surface area is 118 Å². The van der Waals surface area contributed by atoms with Gasteiger partial charge < -0.3 is 0 Å². The molecule has 2 aromatic rings. The minimum absolute atomic E-state index is 0.295. The number of sulfonamides is 1. The number of aromatic nitrogens is 1. The van der Waals surface area contributed by atoms with Crippen molar-refractivity contribution in [2.24, 2.45) is 0 Å². The third kappa shape index (κ3) is 2.97. The molecule has 0 saturated heterocycles. The van der Waals surface area contributed by atoms with Crippen molar-refractivity contribution in [2.75, 3.05) is 0 Å². The van der Waals surface area contributed by atoms with E-state index in [4.69, 9.17) is 0 Å².